The van der Waals surface area contributed by atoms with Crippen molar-refractivity contribution in [3.63, 3.8) is 0 Å². The first-order valence-corrected chi connectivity index (χ1v) is 12.4. The molecule has 1 atom stereocenters. The van der Waals surface area contributed by atoms with Crippen LogP contribution in [-0.2, 0) is 19.9 Å². The van der Waals surface area contributed by atoms with Gasteiger partial charge in [-0.05, 0) is 53.9 Å². The number of nitrogens with one attached hydrogen (secondary N) is 1. The van der Waals surface area contributed by atoms with Gasteiger partial charge in [0.05, 0.1) is 4.90 Å². The van der Waals surface area contributed by atoms with Gasteiger partial charge in [-0.2, -0.15) is 0 Å². The Bertz CT molecular complexity index is 1210. The number of hydrogen-bond donors (Lipinski definition) is 1. The van der Waals surface area contributed by atoms with Crippen molar-refractivity contribution in [1.29, 1.82) is 0 Å². The molecule has 3 rings (SSSR count). The molecule has 0 bridgehead atoms. The Hall–Kier alpha value is -1.85. The van der Waals surface area contributed by atoms with Gasteiger partial charge in [-0.3, -0.25) is 0 Å². The van der Waals surface area contributed by atoms with E-state index in [-0.39, 0.29) is 4.90 Å². The molecule has 11 heteroatoms. The van der Waals surface area contributed by atoms with E-state index in [9.17, 15) is 25.6 Å². The van der Waals surface area contributed by atoms with Crippen molar-refractivity contribution in [3.8, 4) is 0 Å². The van der Waals surface area contributed by atoms with Gasteiger partial charge in [0.1, 0.15) is 21.8 Å². The average molecular weight is 478 g/mol. The van der Waals surface area contributed by atoms with Crippen LogP contribution in [0.1, 0.15) is 10.1 Å². The quantitative estimate of drug-likeness (QED) is 0.553. The Kier molecular flexibility index (Phi) is 6.39. The maximum atomic E-state index is 13.9. The van der Waals surface area contributed by atoms with E-state index in [1.165, 1.54) is 24.3 Å². The van der Waals surface area contributed by atoms with Crippen LogP contribution in [0.15, 0.2) is 69.8 Å². The highest BCUT2D eigenvalue weighted by atomic mass is 35.5. The molecule has 2 aromatic carbocycles. The number of benzene rings is 2. The molecule has 3 aromatic rings. The summed E-state index contributed by atoms with van der Waals surface area (Å²) in [5.74, 6) is -2.08. The summed E-state index contributed by atoms with van der Waals surface area (Å²) in [7, 11) is -8.50. The predicted molar refractivity (Wildman–Crippen MR) is 107 cm³/mol. The molecule has 1 heterocycles. The molecule has 0 aliphatic heterocycles. The lowest BCUT2D eigenvalue weighted by atomic mass is 10.3. The van der Waals surface area contributed by atoms with Gasteiger partial charge in [-0.15, -0.1) is 11.3 Å². The number of sulfonamides is 1. The molecule has 1 N–H and O–H groups in total. The van der Waals surface area contributed by atoms with Crippen molar-refractivity contribution in [2.24, 2.45) is 0 Å². The predicted octanol–water partition coefficient (Wildman–Crippen LogP) is 4.17. The van der Waals surface area contributed by atoms with Crippen LogP contribution in [0.4, 0.5) is 8.78 Å². The molecular formula is C18H14ClF2NO4S3. The van der Waals surface area contributed by atoms with E-state index < -0.39 is 48.2 Å². The standard InChI is InChI=1S/C18H14ClF2NO4S3/c19-12-3-6-14(7-4-12)28(23,24)18(16-2-1-9-27-16)11-22-29(25,26)17-10-13(20)5-8-15(17)21/h1-10,18,22H,11H2/t18-/m1/s1. The molecule has 0 aliphatic rings. The largest absolute Gasteiger partial charge is 0.243 e. The lowest BCUT2D eigenvalue weighted by molar-refractivity contribution is 0.544. The lowest BCUT2D eigenvalue weighted by Crippen LogP contribution is -2.32. The van der Waals surface area contributed by atoms with Crippen molar-refractivity contribution in [2.75, 3.05) is 6.54 Å². The number of sulfone groups is 1. The Morgan fingerprint density at radius 1 is 1.00 bits per heavy atom. The Morgan fingerprint density at radius 3 is 2.31 bits per heavy atom. The zero-order chi connectivity index (χ0) is 21.2. The summed E-state index contributed by atoms with van der Waals surface area (Å²) in [4.78, 5) is -0.551. The van der Waals surface area contributed by atoms with Gasteiger partial charge in [0.25, 0.3) is 0 Å². The molecule has 29 heavy (non-hydrogen) atoms. The van der Waals surface area contributed by atoms with E-state index in [0.717, 1.165) is 17.4 Å². The van der Waals surface area contributed by atoms with Crippen molar-refractivity contribution in [2.45, 2.75) is 15.0 Å². The summed E-state index contributed by atoms with van der Waals surface area (Å²) in [6.07, 6.45) is 0. The summed E-state index contributed by atoms with van der Waals surface area (Å²) in [5.41, 5.74) is 0. The maximum absolute atomic E-state index is 13.9. The highest BCUT2D eigenvalue weighted by molar-refractivity contribution is 7.92. The number of hydrogen-bond acceptors (Lipinski definition) is 5. The van der Waals surface area contributed by atoms with Crippen LogP contribution < -0.4 is 4.72 Å². The van der Waals surface area contributed by atoms with Gasteiger partial charge in [0, 0.05) is 16.4 Å². The van der Waals surface area contributed by atoms with Crippen molar-refractivity contribution in [3.05, 3.63) is 81.5 Å². The van der Waals surface area contributed by atoms with Crippen molar-refractivity contribution in [1.82, 2.24) is 4.72 Å². The first-order chi connectivity index (χ1) is 13.6. The Morgan fingerprint density at radius 2 is 1.69 bits per heavy atom. The molecule has 0 fully saturated rings. The summed E-state index contributed by atoms with van der Waals surface area (Å²) < 4.78 is 80.5. The smallest absolute Gasteiger partial charge is 0.223 e. The minimum absolute atomic E-state index is 0.0450. The molecule has 0 spiro atoms. The first kappa shape index (κ1) is 21.8. The van der Waals surface area contributed by atoms with E-state index in [1.807, 2.05) is 0 Å². The van der Waals surface area contributed by atoms with E-state index >= 15 is 0 Å². The highest BCUT2D eigenvalue weighted by Gasteiger charge is 2.32. The van der Waals surface area contributed by atoms with Gasteiger partial charge in [0.15, 0.2) is 9.84 Å². The topological polar surface area (TPSA) is 80.3 Å². The fourth-order valence-electron chi connectivity index (χ4n) is 2.57. The van der Waals surface area contributed by atoms with Crippen LogP contribution in [0.3, 0.4) is 0 Å². The van der Waals surface area contributed by atoms with E-state index in [4.69, 9.17) is 11.6 Å². The van der Waals surface area contributed by atoms with Gasteiger partial charge in [-0.25, -0.2) is 30.3 Å². The number of rotatable bonds is 7. The second-order valence-corrected chi connectivity index (χ2v) is 11.2. The van der Waals surface area contributed by atoms with Crippen LogP contribution in [-0.4, -0.2) is 23.4 Å². The zero-order valence-electron chi connectivity index (χ0n) is 14.5. The fourth-order valence-corrected chi connectivity index (χ4v) is 6.72. The first-order valence-electron chi connectivity index (χ1n) is 8.09. The van der Waals surface area contributed by atoms with E-state index in [2.05, 4.69) is 4.72 Å². The van der Waals surface area contributed by atoms with Crippen molar-refractivity contribution >= 4 is 42.8 Å². The van der Waals surface area contributed by atoms with Crippen LogP contribution >= 0.6 is 22.9 Å². The van der Waals surface area contributed by atoms with Crippen LogP contribution in [0, 0.1) is 11.6 Å². The minimum Gasteiger partial charge on any atom is -0.223 e. The van der Waals surface area contributed by atoms with Crippen LogP contribution in [0.5, 0.6) is 0 Å². The third-order valence-electron chi connectivity index (χ3n) is 4.02. The molecule has 0 aliphatic carbocycles. The molecule has 0 radical (unpaired) electrons. The van der Waals surface area contributed by atoms with Crippen LogP contribution in [0.25, 0.3) is 0 Å². The van der Waals surface area contributed by atoms with Crippen molar-refractivity contribution < 1.29 is 25.6 Å². The van der Waals surface area contributed by atoms with E-state index in [1.54, 1.807) is 17.5 Å². The highest BCUT2D eigenvalue weighted by Crippen LogP contribution is 2.32. The minimum atomic E-state index is -4.49. The summed E-state index contributed by atoms with van der Waals surface area (Å²) in [6.45, 7) is -0.566. The zero-order valence-corrected chi connectivity index (χ0v) is 17.8. The molecule has 0 amide bonds. The molecule has 0 saturated carbocycles. The average Bonchev–Trinajstić information content (AvgIpc) is 3.18. The second kappa shape index (κ2) is 8.49. The molecule has 5 nitrogen and oxygen atoms in total. The number of halogens is 3. The Balaban J connectivity index is 1.95. The molecule has 0 unspecified atom stereocenters. The normalized spacial score (nSPS) is 13.3. The fraction of sp³-hybridized carbons (Fsp3) is 0.111. The SMILES string of the molecule is O=S(=O)(NC[C@H](c1cccs1)S(=O)(=O)c1ccc(Cl)cc1)c1cc(F)ccc1F. The van der Waals surface area contributed by atoms with E-state index in [0.29, 0.717) is 22.0 Å². The molecule has 154 valence electrons. The monoisotopic (exact) mass is 477 g/mol. The molecular weight excluding hydrogens is 464 g/mol. The lowest BCUT2D eigenvalue weighted by Gasteiger charge is -2.18. The van der Waals surface area contributed by atoms with Gasteiger partial charge in [0.2, 0.25) is 10.0 Å². The Labute approximate surface area is 175 Å². The van der Waals surface area contributed by atoms with Gasteiger partial charge >= 0.3 is 0 Å². The summed E-state index contributed by atoms with van der Waals surface area (Å²) >= 11 is 6.94. The van der Waals surface area contributed by atoms with Crippen LogP contribution in [0.2, 0.25) is 5.02 Å². The van der Waals surface area contributed by atoms with Gasteiger partial charge < -0.3 is 0 Å². The van der Waals surface area contributed by atoms with Gasteiger partial charge in [-0.1, -0.05) is 17.7 Å². The number of thiophene rings is 1. The summed E-state index contributed by atoms with van der Waals surface area (Å²) in [5, 5.41) is 0.731. The third kappa shape index (κ3) is 4.84. The third-order valence-corrected chi connectivity index (χ3v) is 8.94. The maximum Gasteiger partial charge on any atom is 0.243 e. The molecule has 0 saturated heterocycles. The summed E-state index contributed by atoms with van der Waals surface area (Å²) in [6, 6.07) is 10.6. The molecule has 1 aromatic heterocycles. The second-order valence-electron chi connectivity index (χ2n) is 5.93.